The van der Waals surface area contributed by atoms with Gasteiger partial charge in [-0.1, -0.05) is 6.07 Å². The van der Waals surface area contributed by atoms with Crippen LogP contribution in [0.25, 0.3) is 0 Å². The fourth-order valence-electron chi connectivity index (χ4n) is 4.07. The predicted molar refractivity (Wildman–Crippen MR) is 125 cm³/mol. The number of nitrogens with zero attached hydrogens (tertiary/aromatic N) is 1. The third-order valence-electron chi connectivity index (χ3n) is 5.97. The molecule has 1 heterocycles. The Bertz CT molecular complexity index is 947. The summed E-state index contributed by atoms with van der Waals surface area (Å²) in [5.74, 6) is -0.440. The number of carbonyl (C=O) groups excluding carboxylic acids is 3. The first-order chi connectivity index (χ1) is 16.9. The van der Waals surface area contributed by atoms with Gasteiger partial charge in [-0.25, -0.2) is 4.79 Å². The summed E-state index contributed by atoms with van der Waals surface area (Å²) in [7, 11) is 1.27. The summed E-state index contributed by atoms with van der Waals surface area (Å²) < 4.78 is 46.1. The number of alkyl halides is 2. The lowest BCUT2D eigenvalue weighted by Gasteiger charge is -2.25. The maximum absolute atomic E-state index is 13.0. The standard InChI is InChI=1S/C25H34F2N2O7/c1-25(2,3)36-24(32)28-12-21(30)29-13-17(9-18(29)11-22(31)33-4)16-7-8-19(35-23(26)27)20(10-16)34-14-15-5-6-15/h7-8,10,15,17-18,23H,5-6,9,11-14H2,1-4H3,(H,28,32)/t17?,18-/m0/s1. The molecule has 2 fully saturated rings. The van der Waals surface area contributed by atoms with Crippen LogP contribution in [0.2, 0.25) is 0 Å². The van der Waals surface area contributed by atoms with Crippen LogP contribution in [0.15, 0.2) is 18.2 Å². The van der Waals surface area contributed by atoms with E-state index in [1.807, 2.05) is 0 Å². The van der Waals surface area contributed by atoms with Crippen LogP contribution in [-0.4, -0.2) is 67.9 Å². The smallest absolute Gasteiger partial charge is 0.408 e. The predicted octanol–water partition coefficient (Wildman–Crippen LogP) is 3.85. The van der Waals surface area contributed by atoms with Gasteiger partial charge in [-0.3, -0.25) is 9.59 Å². The van der Waals surface area contributed by atoms with E-state index in [0.717, 1.165) is 18.4 Å². The molecule has 1 unspecified atom stereocenters. The number of halogens is 2. The molecular weight excluding hydrogens is 478 g/mol. The van der Waals surface area contributed by atoms with Crippen LogP contribution in [0.3, 0.4) is 0 Å². The Labute approximate surface area is 209 Å². The molecule has 2 atom stereocenters. The zero-order chi connectivity index (χ0) is 26.5. The Kier molecular flexibility index (Phi) is 8.97. The highest BCUT2D eigenvalue weighted by Crippen LogP contribution is 2.39. The maximum atomic E-state index is 13.0. The number of rotatable bonds is 10. The van der Waals surface area contributed by atoms with Gasteiger partial charge in [0.2, 0.25) is 5.91 Å². The molecule has 1 aliphatic carbocycles. The Hall–Kier alpha value is -3.11. The first-order valence-electron chi connectivity index (χ1n) is 12.0. The Morgan fingerprint density at radius 1 is 1.17 bits per heavy atom. The van der Waals surface area contributed by atoms with Crippen molar-refractivity contribution in [2.45, 2.75) is 70.6 Å². The van der Waals surface area contributed by atoms with Gasteiger partial charge >= 0.3 is 18.7 Å². The molecule has 11 heteroatoms. The number of ether oxygens (including phenoxy) is 4. The highest BCUT2D eigenvalue weighted by molar-refractivity contribution is 5.83. The monoisotopic (exact) mass is 512 g/mol. The number of methoxy groups -OCH3 is 1. The van der Waals surface area contributed by atoms with Crippen molar-refractivity contribution in [3.63, 3.8) is 0 Å². The van der Waals surface area contributed by atoms with Crippen molar-refractivity contribution in [3.05, 3.63) is 23.8 Å². The van der Waals surface area contributed by atoms with E-state index in [2.05, 4.69) is 10.1 Å². The molecule has 9 nitrogen and oxygen atoms in total. The Morgan fingerprint density at radius 2 is 1.89 bits per heavy atom. The number of esters is 1. The number of nitrogens with one attached hydrogen (secondary N) is 1. The number of carbonyl (C=O) groups is 3. The molecule has 36 heavy (non-hydrogen) atoms. The summed E-state index contributed by atoms with van der Waals surface area (Å²) in [4.78, 5) is 38.5. The fraction of sp³-hybridized carbons (Fsp3) is 0.640. The molecule has 1 N–H and O–H groups in total. The minimum absolute atomic E-state index is 0.0111. The largest absolute Gasteiger partial charge is 0.489 e. The number of likely N-dealkylation sites (tertiary alicyclic amines) is 1. The molecule has 2 aliphatic rings. The van der Waals surface area contributed by atoms with E-state index < -0.39 is 30.3 Å². The molecule has 0 spiro atoms. The first-order valence-corrected chi connectivity index (χ1v) is 12.0. The van der Waals surface area contributed by atoms with Crippen molar-refractivity contribution >= 4 is 18.0 Å². The summed E-state index contributed by atoms with van der Waals surface area (Å²) >= 11 is 0. The molecular formula is C25H34F2N2O7. The Morgan fingerprint density at radius 3 is 2.50 bits per heavy atom. The van der Waals surface area contributed by atoms with Gasteiger partial charge in [0.05, 0.1) is 20.1 Å². The van der Waals surface area contributed by atoms with Gasteiger partial charge in [-0.2, -0.15) is 8.78 Å². The van der Waals surface area contributed by atoms with Gasteiger partial charge < -0.3 is 29.2 Å². The van der Waals surface area contributed by atoms with Crippen molar-refractivity contribution in [2.24, 2.45) is 5.92 Å². The van der Waals surface area contributed by atoms with E-state index >= 15 is 0 Å². The van der Waals surface area contributed by atoms with Crippen molar-refractivity contribution < 1.29 is 42.1 Å². The minimum Gasteiger partial charge on any atom is -0.489 e. The van der Waals surface area contributed by atoms with Crippen molar-refractivity contribution in [2.75, 3.05) is 26.8 Å². The summed E-state index contributed by atoms with van der Waals surface area (Å²) in [6.45, 7) is 2.55. The zero-order valence-electron chi connectivity index (χ0n) is 21.1. The van der Waals surface area contributed by atoms with Crippen molar-refractivity contribution in [1.29, 1.82) is 0 Å². The minimum atomic E-state index is -2.99. The number of benzene rings is 1. The number of alkyl carbamates (subject to hydrolysis) is 1. The Balaban J connectivity index is 1.73. The number of amides is 2. The average Bonchev–Trinajstić information content (AvgIpc) is 3.53. The van der Waals surface area contributed by atoms with Gasteiger partial charge in [0.25, 0.3) is 0 Å². The molecule has 0 aromatic heterocycles. The van der Waals surface area contributed by atoms with Crippen LogP contribution < -0.4 is 14.8 Å². The summed E-state index contributed by atoms with van der Waals surface area (Å²) in [5, 5.41) is 2.45. The van der Waals surface area contributed by atoms with Crippen LogP contribution in [0.1, 0.15) is 57.9 Å². The summed E-state index contributed by atoms with van der Waals surface area (Å²) in [5.41, 5.74) is 0.0614. The highest BCUT2D eigenvalue weighted by atomic mass is 19.3. The van der Waals surface area contributed by atoms with E-state index in [1.54, 1.807) is 32.9 Å². The van der Waals surface area contributed by atoms with Crippen LogP contribution in [0.4, 0.5) is 13.6 Å². The second-order valence-corrected chi connectivity index (χ2v) is 10.1. The molecule has 1 aliphatic heterocycles. The highest BCUT2D eigenvalue weighted by Gasteiger charge is 2.38. The van der Waals surface area contributed by atoms with Gasteiger partial charge in [0.15, 0.2) is 11.5 Å². The second-order valence-electron chi connectivity index (χ2n) is 10.1. The van der Waals surface area contributed by atoms with Crippen LogP contribution >= 0.6 is 0 Å². The summed E-state index contributed by atoms with van der Waals surface area (Å²) in [6.07, 6.45) is 1.80. The lowest BCUT2D eigenvalue weighted by Crippen LogP contribution is -2.44. The topological polar surface area (TPSA) is 103 Å². The molecule has 200 valence electrons. The lowest BCUT2D eigenvalue weighted by atomic mass is 9.95. The third kappa shape index (κ3) is 8.23. The van der Waals surface area contributed by atoms with E-state index in [4.69, 9.17) is 14.2 Å². The summed E-state index contributed by atoms with van der Waals surface area (Å²) in [6, 6.07) is 4.30. The van der Waals surface area contributed by atoms with Crippen LogP contribution in [-0.2, 0) is 19.1 Å². The first kappa shape index (κ1) is 27.5. The SMILES string of the molecule is COC(=O)C[C@@H]1CC(c2ccc(OC(F)F)c(OCC3CC3)c2)CN1C(=O)CNC(=O)OC(C)(C)C. The zero-order valence-corrected chi connectivity index (χ0v) is 21.1. The second kappa shape index (κ2) is 11.7. The molecule has 1 saturated heterocycles. The maximum Gasteiger partial charge on any atom is 0.408 e. The van der Waals surface area contributed by atoms with Crippen LogP contribution in [0, 0.1) is 5.92 Å². The van der Waals surface area contributed by atoms with Gasteiger partial charge in [0.1, 0.15) is 12.1 Å². The van der Waals surface area contributed by atoms with E-state index in [-0.39, 0.29) is 42.8 Å². The molecule has 1 aromatic rings. The lowest BCUT2D eigenvalue weighted by molar-refractivity contribution is -0.142. The van der Waals surface area contributed by atoms with Gasteiger partial charge in [0, 0.05) is 18.5 Å². The molecule has 2 amide bonds. The molecule has 3 rings (SSSR count). The third-order valence-corrected chi connectivity index (χ3v) is 5.97. The molecule has 1 aromatic carbocycles. The van der Waals surface area contributed by atoms with E-state index in [9.17, 15) is 23.2 Å². The average molecular weight is 513 g/mol. The van der Waals surface area contributed by atoms with E-state index in [0.29, 0.717) is 18.9 Å². The van der Waals surface area contributed by atoms with Crippen molar-refractivity contribution in [1.82, 2.24) is 10.2 Å². The quantitative estimate of drug-likeness (QED) is 0.475. The van der Waals surface area contributed by atoms with Crippen LogP contribution in [0.5, 0.6) is 11.5 Å². The number of hydrogen-bond donors (Lipinski definition) is 1. The molecule has 1 saturated carbocycles. The molecule has 0 radical (unpaired) electrons. The van der Waals surface area contributed by atoms with Crippen molar-refractivity contribution in [3.8, 4) is 11.5 Å². The van der Waals surface area contributed by atoms with Gasteiger partial charge in [-0.15, -0.1) is 0 Å². The van der Waals surface area contributed by atoms with Gasteiger partial charge in [-0.05, 0) is 63.6 Å². The number of hydrogen-bond acceptors (Lipinski definition) is 7. The van der Waals surface area contributed by atoms with E-state index in [1.165, 1.54) is 18.1 Å². The normalized spacial score (nSPS) is 19.7. The fourth-order valence-corrected chi connectivity index (χ4v) is 4.07. The molecule has 0 bridgehead atoms.